The van der Waals surface area contributed by atoms with E-state index >= 15 is 0 Å². The third-order valence-corrected chi connectivity index (χ3v) is 4.72. The number of hydrogen-bond donors (Lipinski definition) is 1. The van der Waals surface area contributed by atoms with E-state index < -0.39 is 0 Å². The van der Waals surface area contributed by atoms with Crippen LogP contribution in [-0.4, -0.2) is 23.7 Å². The number of aromatic nitrogens is 1. The molecule has 4 heteroatoms. The van der Waals surface area contributed by atoms with Crippen LogP contribution in [-0.2, 0) is 4.74 Å². The largest absolute Gasteiger partial charge is 0.373 e. The first-order chi connectivity index (χ1) is 8.61. The lowest BCUT2D eigenvalue weighted by molar-refractivity contribution is 0.0315. The highest BCUT2D eigenvalue weighted by molar-refractivity contribution is 7.11. The average molecular weight is 268 g/mol. The molecule has 3 nitrogen and oxygen atoms in total. The molecule has 102 valence electrons. The van der Waals surface area contributed by atoms with Crippen molar-refractivity contribution >= 4 is 11.3 Å². The maximum Gasteiger partial charge on any atom is 0.113 e. The molecule has 3 atom stereocenters. The van der Waals surface area contributed by atoms with Crippen LogP contribution in [0.15, 0.2) is 0 Å². The Morgan fingerprint density at radius 1 is 1.44 bits per heavy atom. The summed E-state index contributed by atoms with van der Waals surface area (Å²) in [6.45, 7) is 9.61. The third kappa shape index (κ3) is 3.11. The molecule has 1 aliphatic heterocycles. The van der Waals surface area contributed by atoms with Crippen LogP contribution in [0.4, 0.5) is 0 Å². The van der Waals surface area contributed by atoms with Crippen LogP contribution in [0.25, 0.3) is 0 Å². The van der Waals surface area contributed by atoms with Gasteiger partial charge in [-0.05, 0) is 46.6 Å². The summed E-state index contributed by atoms with van der Waals surface area (Å²) < 4.78 is 6.03. The van der Waals surface area contributed by atoms with Gasteiger partial charge < -0.3 is 10.1 Å². The highest BCUT2D eigenvalue weighted by Gasteiger charge is 2.32. The van der Waals surface area contributed by atoms with Crippen LogP contribution in [0.3, 0.4) is 0 Å². The molecule has 0 saturated carbocycles. The van der Waals surface area contributed by atoms with Gasteiger partial charge in [0.25, 0.3) is 0 Å². The van der Waals surface area contributed by atoms with Gasteiger partial charge in [-0.15, -0.1) is 11.3 Å². The first-order valence-electron chi connectivity index (χ1n) is 6.94. The number of aryl methyl sites for hydroxylation is 2. The number of nitrogens with zero attached hydrogens (tertiary/aromatic N) is 1. The molecule has 2 rings (SSSR count). The summed E-state index contributed by atoms with van der Waals surface area (Å²) in [6, 6.07) is 0.271. The third-order valence-electron chi connectivity index (χ3n) is 3.56. The zero-order valence-electron chi connectivity index (χ0n) is 11.8. The van der Waals surface area contributed by atoms with Crippen molar-refractivity contribution in [3.63, 3.8) is 0 Å². The SMILES string of the molecule is CCCNC(c1nc(C)c(C)s1)C1CCC(C)O1. The fourth-order valence-electron chi connectivity index (χ4n) is 2.39. The minimum absolute atomic E-state index is 0.271. The van der Waals surface area contributed by atoms with Gasteiger partial charge in [-0.25, -0.2) is 4.98 Å². The fraction of sp³-hybridized carbons (Fsp3) is 0.786. The van der Waals surface area contributed by atoms with E-state index in [1.54, 1.807) is 0 Å². The molecule has 0 radical (unpaired) electrons. The average Bonchev–Trinajstić information content (AvgIpc) is 2.88. The second-order valence-corrected chi connectivity index (χ2v) is 6.42. The van der Waals surface area contributed by atoms with Crippen molar-refractivity contribution in [1.82, 2.24) is 10.3 Å². The smallest absolute Gasteiger partial charge is 0.113 e. The van der Waals surface area contributed by atoms with E-state index in [0.717, 1.165) is 31.5 Å². The van der Waals surface area contributed by atoms with Gasteiger partial charge in [-0.3, -0.25) is 0 Å². The Morgan fingerprint density at radius 2 is 2.22 bits per heavy atom. The zero-order valence-corrected chi connectivity index (χ0v) is 12.6. The van der Waals surface area contributed by atoms with Crippen molar-refractivity contribution in [2.45, 2.75) is 65.2 Å². The van der Waals surface area contributed by atoms with Gasteiger partial charge >= 0.3 is 0 Å². The van der Waals surface area contributed by atoms with Crippen LogP contribution >= 0.6 is 11.3 Å². The lowest BCUT2D eigenvalue weighted by Gasteiger charge is -2.23. The molecule has 1 saturated heterocycles. The predicted octanol–water partition coefficient (Wildman–Crippen LogP) is 3.37. The van der Waals surface area contributed by atoms with Crippen LogP contribution in [0.5, 0.6) is 0 Å². The Balaban J connectivity index is 2.13. The van der Waals surface area contributed by atoms with E-state index in [1.165, 1.54) is 9.88 Å². The molecule has 3 unspecified atom stereocenters. The summed E-state index contributed by atoms with van der Waals surface area (Å²) in [7, 11) is 0. The molecule has 1 aliphatic rings. The molecular weight excluding hydrogens is 244 g/mol. The number of ether oxygens (including phenoxy) is 1. The summed E-state index contributed by atoms with van der Waals surface area (Å²) in [5, 5.41) is 4.80. The summed E-state index contributed by atoms with van der Waals surface area (Å²) in [5.74, 6) is 0. The van der Waals surface area contributed by atoms with Gasteiger partial charge in [0, 0.05) is 4.88 Å². The standard InChI is InChI=1S/C14H24N2OS/c1-5-8-15-13(12-7-6-9(2)17-12)14-16-10(3)11(4)18-14/h9,12-13,15H,5-8H2,1-4H3. The molecule has 1 aromatic heterocycles. The van der Waals surface area contributed by atoms with Crippen LogP contribution < -0.4 is 5.32 Å². The van der Waals surface area contributed by atoms with Crippen molar-refractivity contribution in [2.24, 2.45) is 0 Å². The van der Waals surface area contributed by atoms with Gasteiger partial charge in [0.1, 0.15) is 5.01 Å². The Hall–Kier alpha value is -0.450. The van der Waals surface area contributed by atoms with Crippen molar-refractivity contribution < 1.29 is 4.74 Å². The highest BCUT2D eigenvalue weighted by atomic mass is 32.1. The summed E-state index contributed by atoms with van der Waals surface area (Å²) >= 11 is 1.81. The molecule has 0 aliphatic carbocycles. The van der Waals surface area contributed by atoms with Crippen LogP contribution in [0, 0.1) is 13.8 Å². The Bertz CT molecular complexity index is 372. The topological polar surface area (TPSA) is 34.2 Å². The molecule has 1 aromatic rings. The van der Waals surface area contributed by atoms with Crippen LogP contribution in [0.1, 0.15) is 54.7 Å². The Labute approximate surface area is 114 Å². The maximum absolute atomic E-state index is 6.03. The van der Waals surface area contributed by atoms with Crippen molar-refractivity contribution in [3.8, 4) is 0 Å². The van der Waals surface area contributed by atoms with E-state index in [9.17, 15) is 0 Å². The van der Waals surface area contributed by atoms with Crippen molar-refractivity contribution in [3.05, 3.63) is 15.6 Å². The molecule has 0 spiro atoms. The second-order valence-electron chi connectivity index (χ2n) is 5.19. The monoisotopic (exact) mass is 268 g/mol. The molecule has 2 heterocycles. The van der Waals surface area contributed by atoms with E-state index in [2.05, 4.69) is 33.0 Å². The quantitative estimate of drug-likeness (QED) is 0.889. The van der Waals surface area contributed by atoms with E-state index in [1.807, 2.05) is 11.3 Å². The second kappa shape index (κ2) is 6.13. The molecule has 0 bridgehead atoms. The van der Waals surface area contributed by atoms with Crippen molar-refractivity contribution in [1.29, 1.82) is 0 Å². The normalized spacial score (nSPS) is 25.6. The summed E-state index contributed by atoms with van der Waals surface area (Å²) in [4.78, 5) is 6.03. The molecule has 0 amide bonds. The van der Waals surface area contributed by atoms with E-state index in [4.69, 9.17) is 9.72 Å². The lowest BCUT2D eigenvalue weighted by atomic mass is 10.1. The number of hydrogen-bond acceptors (Lipinski definition) is 4. The number of thiazole rings is 1. The minimum Gasteiger partial charge on any atom is -0.373 e. The Kier molecular flexibility index (Phi) is 4.76. The predicted molar refractivity (Wildman–Crippen MR) is 76.2 cm³/mol. The maximum atomic E-state index is 6.03. The fourth-order valence-corrected chi connectivity index (χ4v) is 3.44. The molecular formula is C14H24N2OS. The minimum atomic E-state index is 0.271. The Morgan fingerprint density at radius 3 is 2.72 bits per heavy atom. The molecule has 1 N–H and O–H groups in total. The molecule has 18 heavy (non-hydrogen) atoms. The zero-order chi connectivity index (χ0) is 13.1. The van der Waals surface area contributed by atoms with Gasteiger partial charge in [0.05, 0.1) is 23.9 Å². The summed E-state index contributed by atoms with van der Waals surface area (Å²) in [6.07, 6.45) is 4.13. The van der Waals surface area contributed by atoms with Crippen molar-refractivity contribution in [2.75, 3.05) is 6.54 Å². The van der Waals surface area contributed by atoms with Crippen LogP contribution in [0.2, 0.25) is 0 Å². The van der Waals surface area contributed by atoms with Gasteiger partial charge in [0.15, 0.2) is 0 Å². The summed E-state index contributed by atoms with van der Waals surface area (Å²) in [5.41, 5.74) is 1.16. The van der Waals surface area contributed by atoms with Gasteiger partial charge in [-0.1, -0.05) is 6.92 Å². The first-order valence-corrected chi connectivity index (χ1v) is 7.76. The van der Waals surface area contributed by atoms with E-state index in [-0.39, 0.29) is 12.1 Å². The molecule has 1 fully saturated rings. The highest BCUT2D eigenvalue weighted by Crippen LogP contribution is 2.33. The van der Waals surface area contributed by atoms with Gasteiger partial charge in [-0.2, -0.15) is 0 Å². The first kappa shape index (κ1) is 14.0. The lowest BCUT2D eigenvalue weighted by Crippen LogP contribution is -2.32. The number of rotatable bonds is 5. The molecule has 0 aromatic carbocycles. The van der Waals surface area contributed by atoms with E-state index in [0.29, 0.717) is 6.10 Å². The number of nitrogens with one attached hydrogen (secondary N) is 1. The van der Waals surface area contributed by atoms with Gasteiger partial charge in [0.2, 0.25) is 0 Å².